The number of aromatic nitrogens is 1. The minimum absolute atomic E-state index is 0.0815. The second-order valence-electron chi connectivity index (χ2n) is 6.37. The van der Waals surface area contributed by atoms with E-state index in [0.29, 0.717) is 11.5 Å². The van der Waals surface area contributed by atoms with E-state index in [-0.39, 0.29) is 11.8 Å². The molecule has 1 heterocycles. The maximum absolute atomic E-state index is 11.5. The summed E-state index contributed by atoms with van der Waals surface area (Å²) in [6.45, 7) is 0. The van der Waals surface area contributed by atoms with Crippen LogP contribution >= 0.6 is 0 Å². The van der Waals surface area contributed by atoms with E-state index in [1.54, 1.807) is 7.05 Å². The summed E-state index contributed by atoms with van der Waals surface area (Å²) in [7, 11) is 1.73. The van der Waals surface area contributed by atoms with Crippen LogP contribution in [-0.4, -0.2) is 4.57 Å². The quantitative estimate of drug-likeness (QED) is 0.914. The summed E-state index contributed by atoms with van der Waals surface area (Å²) in [5.41, 5.74) is 9.05. The van der Waals surface area contributed by atoms with Gasteiger partial charge >= 0.3 is 5.76 Å². The molecular formula is C16H20N2O2. The van der Waals surface area contributed by atoms with Crippen LogP contribution in [0.2, 0.25) is 0 Å². The third-order valence-electron chi connectivity index (χ3n) is 5.34. The van der Waals surface area contributed by atoms with Crippen molar-refractivity contribution < 1.29 is 4.42 Å². The average Bonchev–Trinajstić information content (AvgIpc) is 3.12. The van der Waals surface area contributed by atoms with Gasteiger partial charge in [-0.3, -0.25) is 4.57 Å². The van der Waals surface area contributed by atoms with E-state index >= 15 is 0 Å². The van der Waals surface area contributed by atoms with E-state index < -0.39 is 0 Å². The van der Waals surface area contributed by atoms with Gasteiger partial charge in [0.05, 0.1) is 5.52 Å². The van der Waals surface area contributed by atoms with Crippen molar-refractivity contribution in [3.8, 4) is 0 Å². The Kier molecular flexibility index (Phi) is 2.58. The summed E-state index contributed by atoms with van der Waals surface area (Å²) in [6.07, 6.45) is 5.39. The van der Waals surface area contributed by atoms with E-state index in [0.717, 1.165) is 22.9 Å². The highest BCUT2D eigenvalue weighted by Crippen LogP contribution is 2.59. The molecule has 2 aromatic rings. The minimum Gasteiger partial charge on any atom is -0.408 e. The Labute approximate surface area is 117 Å². The normalized spacial score (nSPS) is 30.2. The molecule has 2 aliphatic rings. The molecule has 106 valence electrons. The van der Waals surface area contributed by atoms with E-state index in [9.17, 15) is 4.79 Å². The largest absolute Gasteiger partial charge is 0.419 e. The second kappa shape index (κ2) is 4.22. The molecule has 0 aliphatic heterocycles. The van der Waals surface area contributed by atoms with Crippen molar-refractivity contribution in [1.82, 2.24) is 4.57 Å². The molecule has 1 aromatic heterocycles. The van der Waals surface area contributed by atoms with Gasteiger partial charge in [0.2, 0.25) is 0 Å². The number of hydrogen-bond donors (Lipinski definition) is 1. The molecule has 4 nitrogen and oxygen atoms in total. The van der Waals surface area contributed by atoms with Crippen LogP contribution in [0.25, 0.3) is 11.1 Å². The molecule has 2 saturated carbocycles. The van der Waals surface area contributed by atoms with Gasteiger partial charge in [0.15, 0.2) is 5.58 Å². The summed E-state index contributed by atoms with van der Waals surface area (Å²) < 4.78 is 6.79. The number of hydrogen-bond acceptors (Lipinski definition) is 3. The highest BCUT2D eigenvalue weighted by Gasteiger charge is 2.53. The second-order valence-corrected chi connectivity index (χ2v) is 6.37. The van der Waals surface area contributed by atoms with Crippen molar-refractivity contribution in [3.63, 3.8) is 0 Å². The van der Waals surface area contributed by atoms with Crippen LogP contribution in [0.4, 0.5) is 0 Å². The third-order valence-corrected chi connectivity index (χ3v) is 5.34. The Bertz CT molecular complexity index is 703. The fraction of sp³-hybridized carbons (Fsp3) is 0.562. The first-order chi connectivity index (χ1) is 9.66. The van der Waals surface area contributed by atoms with Gasteiger partial charge in [-0.25, -0.2) is 4.79 Å². The molecule has 0 spiro atoms. The first-order valence-electron chi connectivity index (χ1n) is 7.52. The lowest BCUT2D eigenvalue weighted by molar-refractivity contribution is 0.480. The topological polar surface area (TPSA) is 61.2 Å². The average molecular weight is 272 g/mol. The van der Waals surface area contributed by atoms with Crippen LogP contribution in [0.1, 0.15) is 37.3 Å². The van der Waals surface area contributed by atoms with Gasteiger partial charge < -0.3 is 10.2 Å². The van der Waals surface area contributed by atoms with Crippen LogP contribution in [0.3, 0.4) is 0 Å². The molecule has 0 saturated heterocycles. The number of rotatable bonds is 2. The summed E-state index contributed by atoms with van der Waals surface area (Å²) in [4.78, 5) is 11.5. The smallest absolute Gasteiger partial charge is 0.408 e. The van der Waals surface area contributed by atoms with Gasteiger partial charge in [0.1, 0.15) is 0 Å². The Morgan fingerprint density at radius 1 is 1.30 bits per heavy atom. The third kappa shape index (κ3) is 1.67. The Morgan fingerprint density at radius 3 is 2.70 bits per heavy atom. The van der Waals surface area contributed by atoms with Gasteiger partial charge in [0.25, 0.3) is 0 Å². The van der Waals surface area contributed by atoms with Crippen molar-refractivity contribution in [2.24, 2.45) is 30.5 Å². The molecule has 2 N–H and O–H groups in total. The lowest BCUT2D eigenvalue weighted by Crippen LogP contribution is -2.14. The molecule has 0 amide bonds. The maximum atomic E-state index is 11.5. The zero-order chi connectivity index (χ0) is 13.9. The lowest BCUT2D eigenvalue weighted by Gasteiger charge is -2.11. The van der Waals surface area contributed by atoms with Crippen molar-refractivity contribution in [2.45, 2.75) is 31.7 Å². The van der Waals surface area contributed by atoms with Crippen molar-refractivity contribution in [3.05, 3.63) is 34.3 Å². The minimum atomic E-state index is -0.314. The summed E-state index contributed by atoms with van der Waals surface area (Å²) in [5, 5.41) is 0. The maximum Gasteiger partial charge on any atom is 0.419 e. The number of nitrogens with two attached hydrogens (primary N) is 1. The Morgan fingerprint density at radius 2 is 2.00 bits per heavy atom. The molecule has 0 bridgehead atoms. The van der Waals surface area contributed by atoms with Gasteiger partial charge in [-0.1, -0.05) is 18.9 Å². The molecule has 3 atom stereocenters. The lowest BCUT2D eigenvalue weighted by atomic mass is 10.0. The van der Waals surface area contributed by atoms with Crippen molar-refractivity contribution >= 4 is 11.1 Å². The summed E-state index contributed by atoms with van der Waals surface area (Å²) in [6, 6.07) is 6.03. The predicted octanol–water partition coefficient (Wildman–Crippen LogP) is 2.57. The number of nitrogens with zero attached hydrogens (tertiary/aromatic N) is 1. The van der Waals surface area contributed by atoms with Crippen LogP contribution in [0.15, 0.2) is 27.4 Å². The van der Waals surface area contributed by atoms with Crippen molar-refractivity contribution in [1.29, 1.82) is 0 Å². The summed E-state index contributed by atoms with van der Waals surface area (Å²) >= 11 is 0. The van der Waals surface area contributed by atoms with Gasteiger partial charge in [0, 0.05) is 13.1 Å². The fourth-order valence-electron chi connectivity index (χ4n) is 4.16. The summed E-state index contributed by atoms with van der Waals surface area (Å²) in [5.74, 6) is 1.98. The SMILES string of the molecule is Cn1c(=O)oc2cc(C(N)C3C4CCCCC43)ccc21. The fourth-order valence-corrected chi connectivity index (χ4v) is 4.16. The number of oxazole rings is 1. The molecule has 20 heavy (non-hydrogen) atoms. The molecule has 4 heteroatoms. The molecule has 0 radical (unpaired) electrons. The molecule has 2 fully saturated rings. The highest BCUT2D eigenvalue weighted by atomic mass is 16.4. The highest BCUT2D eigenvalue weighted by molar-refractivity contribution is 5.73. The molecule has 1 aromatic carbocycles. The molecular weight excluding hydrogens is 252 g/mol. The monoisotopic (exact) mass is 272 g/mol. The predicted molar refractivity (Wildman–Crippen MR) is 77.3 cm³/mol. The van der Waals surface area contributed by atoms with Crippen LogP contribution < -0.4 is 11.5 Å². The standard InChI is InChI=1S/C16H20N2O2/c1-18-12-7-6-9(8-13(12)20-16(18)19)15(17)14-10-4-2-3-5-11(10)14/h6-8,10-11,14-15H,2-5,17H2,1H3. The zero-order valence-electron chi connectivity index (χ0n) is 11.7. The number of benzene rings is 1. The Balaban J connectivity index is 1.66. The van der Waals surface area contributed by atoms with Crippen LogP contribution in [0.5, 0.6) is 0 Å². The van der Waals surface area contributed by atoms with Gasteiger partial charge in [-0.15, -0.1) is 0 Å². The first-order valence-corrected chi connectivity index (χ1v) is 7.52. The van der Waals surface area contributed by atoms with Crippen molar-refractivity contribution in [2.75, 3.05) is 0 Å². The van der Waals surface area contributed by atoms with E-state index in [1.165, 1.54) is 30.3 Å². The van der Waals surface area contributed by atoms with E-state index in [4.69, 9.17) is 10.2 Å². The van der Waals surface area contributed by atoms with E-state index in [2.05, 4.69) is 0 Å². The van der Waals surface area contributed by atoms with Gasteiger partial charge in [-0.05, 0) is 48.3 Å². The van der Waals surface area contributed by atoms with E-state index in [1.807, 2.05) is 18.2 Å². The van der Waals surface area contributed by atoms with Gasteiger partial charge in [-0.2, -0.15) is 0 Å². The number of aryl methyl sites for hydroxylation is 1. The molecule has 3 unspecified atom stereocenters. The number of fused-ring (bicyclic) bond motifs is 2. The first kappa shape index (κ1) is 12.2. The zero-order valence-corrected chi connectivity index (χ0v) is 11.7. The van der Waals surface area contributed by atoms with Crippen LogP contribution in [-0.2, 0) is 7.05 Å². The van der Waals surface area contributed by atoms with Crippen LogP contribution in [0, 0.1) is 17.8 Å². The molecule has 4 rings (SSSR count). The molecule has 2 aliphatic carbocycles. The Hall–Kier alpha value is -1.55.